The van der Waals surface area contributed by atoms with Crippen LogP contribution in [0.4, 0.5) is 0 Å². The second-order valence-electron chi connectivity index (χ2n) is 6.50. The van der Waals surface area contributed by atoms with Gasteiger partial charge in [0, 0.05) is 12.0 Å². The number of nitrogens with one attached hydrogen (secondary N) is 1. The van der Waals surface area contributed by atoms with E-state index < -0.39 is 0 Å². The Morgan fingerprint density at radius 1 is 1.25 bits per heavy atom. The first-order valence-corrected chi connectivity index (χ1v) is 8.40. The molecule has 1 aliphatic rings. The number of hydrogen-bond acceptors (Lipinski definition) is 1. The van der Waals surface area contributed by atoms with Crippen molar-refractivity contribution in [1.82, 2.24) is 5.32 Å². The molecule has 0 saturated heterocycles. The van der Waals surface area contributed by atoms with Crippen LogP contribution in [0.15, 0.2) is 18.2 Å². The predicted octanol–water partition coefficient (Wildman–Crippen LogP) is 5.30. The van der Waals surface area contributed by atoms with Crippen LogP contribution < -0.4 is 5.32 Å². The van der Waals surface area contributed by atoms with E-state index in [0.29, 0.717) is 10.0 Å². The maximum Gasteiger partial charge on any atom is 0.0595 e. The van der Waals surface area contributed by atoms with E-state index in [1.54, 1.807) is 0 Å². The molecule has 0 unspecified atom stereocenters. The van der Waals surface area contributed by atoms with E-state index in [1.165, 1.54) is 24.8 Å². The van der Waals surface area contributed by atoms with Gasteiger partial charge in [-0.2, -0.15) is 0 Å². The van der Waals surface area contributed by atoms with Crippen LogP contribution in [0, 0.1) is 11.8 Å². The van der Waals surface area contributed by atoms with E-state index in [1.807, 2.05) is 6.07 Å². The van der Waals surface area contributed by atoms with Crippen LogP contribution >= 0.6 is 23.2 Å². The fourth-order valence-corrected chi connectivity index (χ4v) is 3.53. The molecule has 0 aliphatic heterocycles. The van der Waals surface area contributed by atoms with Crippen LogP contribution in [0.2, 0.25) is 10.0 Å². The van der Waals surface area contributed by atoms with E-state index in [0.717, 1.165) is 24.9 Å². The average molecular weight is 314 g/mol. The van der Waals surface area contributed by atoms with Gasteiger partial charge in [-0.05, 0) is 55.3 Å². The van der Waals surface area contributed by atoms with Gasteiger partial charge in [0.15, 0.2) is 0 Å². The molecule has 0 aromatic heterocycles. The second kappa shape index (κ2) is 6.68. The molecule has 1 aromatic rings. The smallest absolute Gasteiger partial charge is 0.0595 e. The van der Waals surface area contributed by atoms with Gasteiger partial charge in [-0.25, -0.2) is 0 Å². The summed E-state index contributed by atoms with van der Waals surface area (Å²) in [6.45, 7) is 8.97. The zero-order valence-electron chi connectivity index (χ0n) is 12.7. The van der Waals surface area contributed by atoms with E-state index in [2.05, 4.69) is 38.2 Å². The summed E-state index contributed by atoms with van der Waals surface area (Å²) >= 11 is 12.3. The van der Waals surface area contributed by atoms with Gasteiger partial charge >= 0.3 is 0 Å². The minimum absolute atomic E-state index is 0.248. The van der Waals surface area contributed by atoms with Gasteiger partial charge in [0.05, 0.1) is 10.0 Å². The highest BCUT2D eigenvalue weighted by Crippen LogP contribution is 2.51. The van der Waals surface area contributed by atoms with Gasteiger partial charge < -0.3 is 5.32 Å². The molecule has 1 nitrogen and oxygen atoms in total. The molecule has 112 valence electrons. The highest BCUT2D eigenvalue weighted by Gasteiger charge is 2.46. The average Bonchev–Trinajstić information content (AvgIpc) is 2.35. The van der Waals surface area contributed by atoms with E-state index in [4.69, 9.17) is 23.2 Å². The zero-order chi connectivity index (χ0) is 14.8. The number of rotatable bonds is 6. The third-order valence-electron chi connectivity index (χ3n) is 4.67. The summed E-state index contributed by atoms with van der Waals surface area (Å²) in [4.78, 5) is 0. The summed E-state index contributed by atoms with van der Waals surface area (Å²) < 4.78 is 0. The molecule has 0 spiro atoms. The Bertz CT molecular complexity index is 450. The number of hydrogen-bond donors (Lipinski definition) is 1. The Balaban J connectivity index is 2.16. The van der Waals surface area contributed by atoms with Gasteiger partial charge in [-0.3, -0.25) is 0 Å². The highest BCUT2D eigenvalue weighted by molar-refractivity contribution is 6.42. The standard InChI is InChI=1S/C17H25Cl2N/c1-4-7-20-11-17(9-13(10-17)12(2)3)14-5-6-15(18)16(19)8-14/h5-6,8,12-13,20H,4,7,9-11H2,1-3H3. The van der Waals surface area contributed by atoms with Gasteiger partial charge in [-0.15, -0.1) is 0 Å². The molecule has 0 heterocycles. The minimum atomic E-state index is 0.248. The summed E-state index contributed by atoms with van der Waals surface area (Å²) in [6, 6.07) is 6.15. The Kier molecular flexibility index (Phi) is 5.39. The van der Waals surface area contributed by atoms with E-state index >= 15 is 0 Å². The molecule has 0 amide bonds. The molecule has 3 heteroatoms. The highest BCUT2D eigenvalue weighted by atomic mass is 35.5. The molecule has 1 aromatic carbocycles. The van der Waals surface area contributed by atoms with Gasteiger partial charge in [-0.1, -0.05) is 50.0 Å². The zero-order valence-corrected chi connectivity index (χ0v) is 14.2. The molecular formula is C17H25Cl2N. The Labute approximate surface area is 133 Å². The summed E-state index contributed by atoms with van der Waals surface area (Å²) in [7, 11) is 0. The first-order chi connectivity index (χ1) is 9.48. The maximum absolute atomic E-state index is 6.21. The Hall–Kier alpha value is -0.240. The largest absolute Gasteiger partial charge is 0.316 e. The summed E-state index contributed by atoms with van der Waals surface area (Å²) in [5.74, 6) is 1.59. The van der Waals surface area contributed by atoms with Crippen LogP contribution in [0.25, 0.3) is 0 Å². The lowest BCUT2D eigenvalue weighted by molar-refractivity contribution is 0.0979. The van der Waals surface area contributed by atoms with Crippen LogP contribution in [0.3, 0.4) is 0 Å². The number of halogens is 2. The summed E-state index contributed by atoms with van der Waals surface area (Å²) in [6.07, 6.45) is 3.67. The van der Waals surface area contributed by atoms with Crippen LogP contribution in [0.1, 0.15) is 45.6 Å². The van der Waals surface area contributed by atoms with Crippen molar-refractivity contribution in [3.63, 3.8) is 0 Å². The monoisotopic (exact) mass is 313 g/mol. The molecule has 0 atom stereocenters. The van der Waals surface area contributed by atoms with Crippen LogP contribution in [-0.2, 0) is 5.41 Å². The molecule has 1 fully saturated rings. The lowest BCUT2D eigenvalue weighted by Gasteiger charge is -2.50. The minimum Gasteiger partial charge on any atom is -0.316 e. The summed E-state index contributed by atoms with van der Waals surface area (Å²) in [5.41, 5.74) is 1.59. The molecular weight excluding hydrogens is 289 g/mol. The summed E-state index contributed by atoms with van der Waals surface area (Å²) in [5, 5.41) is 4.91. The van der Waals surface area contributed by atoms with Gasteiger partial charge in [0.2, 0.25) is 0 Å². The van der Waals surface area contributed by atoms with Gasteiger partial charge in [0.1, 0.15) is 0 Å². The first kappa shape index (κ1) is 16.1. The van der Waals surface area contributed by atoms with Crippen molar-refractivity contribution in [3.05, 3.63) is 33.8 Å². The van der Waals surface area contributed by atoms with Crippen molar-refractivity contribution in [3.8, 4) is 0 Å². The number of benzene rings is 1. The second-order valence-corrected chi connectivity index (χ2v) is 7.31. The van der Waals surface area contributed by atoms with Crippen molar-refractivity contribution in [1.29, 1.82) is 0 Å². The quantitative estimate of drug-likeness (QED) is 0.703. The van der Waals surface area contributed by atoms with Crippen molar-refractivity contribution < 1.29 is 0 Å². The normalized spacial score (nSPS) is 25.8. The van der Waals surface area contributed by atoms with Crippen LogP contribution in [0.5, 0.6) is 0 Å². The lowest BCUT2D eigenvalue weighted by atomic mass is 9.56. The molecule has 1 saturated carbocycles. The molecule has 0 bridgehead atoms. The third kappa shape index (κ3) is 3.32. The molecule has 20 heavy (non-hydrogen) atoms. The fraction of sp³-hybridized carbons (Fsp3) is 0.647. The lowest BCUT2D eigenvalue weighted by Crippen LogP contribution is -2.50. The van der Waals surface area contributed by atoms with Gasteiger partial charge in [0.25, 0.3) is 0 Å². The Morgan fingerprint density at radius 3 is 2.50 bits per heavy atom. The SMILES string of the molecule is CCCNCC1(c2ccc(Cl)c(Cl)c2)CC(C(C)C)C1. The molecule has 2 rings (SSSR count). The fourth-order valence-electron chi connectivity index (χ4n) is 3.23. The molecule has 1 N–H and O–H groups in total. The van der Waals surface area contributed by atoms with Crippen LogP contribution in [-0.4, -0.2) is 13.1 Å². The maximum atomic E-state index is 6.21. The van der Waals surface area contributed by atoms with Crippen molar-refractivity contribution in [2.75, 3.05) is 13.1 Å². The third-order valence-corrected chi connectivity index (χ3v) is 5.41. The Morgan fingerprint density at radius 2 is 1.95 bits per heavy atom. The van der Waals surface area contributed by atoms with E-state index in [9.17, 15) is 0 Å². The first-order valence-electron chi connectivity index (χ1n) is 7.65. The van der Waals surface area contributed by atoms with Crippen molar-refractivity contribution >= 4 is 23.2 Å². The van der Waals surface area contributed by atoms with E-state index in [-0.39, 0.29) is 5.41 Å². The molecule has 0 radical (unpaired) electrons. The predicted molar refractivity (Wildman–Crippen MR) is 88.9 cm³/mol. The molecule has 1 aliphatic carbocycles. The van der Waals surface area contributed by atoms with Crippen molar-refractivity contribution in [2.24, 2.45) is 11.8 Å². The van der Waals surface area contributed by atoms with Crippen molar-refractivity contribution in [2.45, 2.75) is 45.4 Å². The topological polar surface area (TPSA) is 12.0 Å².